The summed E-state index contributed by atoms with van der Waals surface area (Å²) in [5.74, 6) is 0. The zero-order chi connectivity index (χ0) is 9.68. The zero-order valence-corrected chi connectivity index (χ0v) is 9.56. The lowest BCUT2D eigenvalue weighted by Crippen LogP contribution is -2.03. The summed E-state index contributed by atoms with van der Waals surface area (Å²) in [6.45, 7) is 0.822. The van der Waals surface area contributed by atoms with Crippen LogP contribution in [0.1, 0.15) is 5.56 Å². The summed E-state index contributed by atoms with van der Waals surface area (Å²) in [4.78, 5) is 4.00. The van der Waals surface area contributed by atoms with Crippen LogP contribution in [0.25, 0.3) is 6.08 Å². The van der Waals surface area contributed by atoms with Crippen molar-refractivity contribution in [3.05, 3.63) is 33.5 Å². The molecule has 1 heterocycles. The molecule has 0 unspecified atom stereocenters. The van der Waals surface area contributed by atoms with Crippen LogP contribution in [0.3, 0.4) is 0 Å². The van der Waals surface area contributed by atoms with Gasteiger partial charge in [-0.05, 0) is 29.0 Å². The Morgan fingerprint density at radius 3 is 3.15 bits per heavy atom. The number of halogens is 2. The molecule has 4 heteroatoms. The van der Waals surface area contributed by atoms with E-state index in [0.717, 1.165) is 16.6 Å². The molecule has 0 radical (unpaired) electrons. The number of aromatic nitrogens is 1. The van der Waals surface area contributed by atoms with E-state index in [2.05, 4.69) is 26.2 Å². The Labute approximate surface area is 91.1 Å². The predicted octanol–water partition coefficient (Wildman–Crippen LogP) is 2.73. The second kappa shape index (κ2) is 5.37. The average Bonchev–Trinajstić information content (AvgIpc) is 2.11. The summed E-state index contributed by atoms with van der Waals surface area (Å²) in [5, 5.41) is 3.53. The van der Waals surface area contributed by atoms with Gasteiger partial charge in [0, 0.05) is 22.8 Å². The molecule has 0 aliphatic carbocycles. The highest BCUT2D eigenvalue weighted by atomic mass is 79.9. The Morgan fingerprint density at radius 2 is 2.46 bits per heavy atom. The molecule has 0 aromatic carbocycles. The lowest BCUT2D eigenvalue weighted by Gasteiger charge is -1.97. The first kappa shape index (κ1) is 10.7. The third-order valence-electron chi connectivity index (χ3n) is 1.45. The molecule has 0 atom stereocenters. The summed E-state index contributed by atoms with van der Waals surface area (Å²) in [6.07, 6.45) is 5.61. The van der Waals surface area contributed by atoms with Gasteiger partial charge in [-0.15, -0.1) is 0 Å². The maximum atomic E-state index is 5.87. The Kier molecular flexibility index (Phi) is 4.42. The van der Waals surface area contributed by atoms with Gasteiger partial charge in [0.05, 0.1) is 0 Å². The van der Waals surface area contributed by atoms with Crippen LogP contribution in [0.4, 0.5) is 0 Å². The number of likely N-dealkylation sites (N-methyl/N-ethyl adjacent to an activating group) is 1. The molecule has 0 saturated heterocycles. The van der Waals surface area contributed by atoms with Crippen LogP contribution in [0.15, 0.2) is 22.8 Å². The van der Waals surface area contributed by atoms with Gasteiger partial charge in [-0.1, -0.05) is 23.8 Å². The lowest BCUT2D eigenvalue weighted by molar-refractivity contribution is 0.922. The molecule has 0 saturated carbocycles. The molecule has 70 valence electrons. The lowest BCUT2D eigenvalue weighted by atomic mass is 10.2. The van der Waals surface area contributed by atoms with Gasteiger partial charge in [0.1, 0.15) is 5.15 Å². The minimum atomic E-state index is 0.524. The van der Waals surface area contributed by atoms with Crippen LogP contribution in [0.2, 0.25) is 5.15 Å². The molecule has 0 amide bonds. The van der Waals surface area contributed by atoms with Crippen molar-refractivity contribution >= 4 is 33.6 Å². The van der Waals surface area contributed by atoms with Crippen LogP contribution in [0.5, 0.6) is 0 Å². The fourth-order valence-electron chi connectivity index (χ4n) is 0.859. The Morgan fingerprint density at radius 1 is 1.69 bits per heavy atom. The van der Waals surface area contributed by atoms with Crippen molar-refractivity contribution < 1.29 is 0 Å². The third kappa shape index (κ3) is 3.46. The van der Waals surface area contributed by atoms with E-state index in [1.807, 2.05) is 25.3 Å². The van der Waals surface area contributed by atoms with E-state index in [1.54, 1.807) is 6.20 Å². The molecular formula is C9H10BrClN2. The van der Waals surface area contributed by atoms with Crippen molar-refractivity contribution in [3.63, 3.8) is 0 Å². The minimum Gasteiger partial charge on any atom is -0.316 e. The van der Waals surface area contributed by atoms with E-state index >= 15 is 0 Å². The Bertz CT molecular complexity index is 312. The van der Waals surface area contributed by atoms with Crippen molar-refractivity contribution in [1.82, 2.24) is 10.3 Å². The summed E-state index contributed by atoms with van der Waals surface area (Å²) < 4.78 is 0.931. The molecule has 1 aromatic heterocycles. The number of hydrogen-bond acceptors (Lipinski definition) is 2. The number of rotatable bonds is 3. The molecule has 2 nitrogen and oxygen atoms in total. The van der Waals surface area contributed by atoms with Gasteiger partial charge in [0.15, 0.2) is 0 Å². The molecule has 0 spiro atoms. The van der Waals surface area contributed by atoms with Crippen molar-refractivity contribution in [2.75, 3.05) is 13.6 Å². The monoisotopic (exact) mass is 260 g/mol. The van der Waals surface area contributed by atoms with Gasteiger partial charge < -0.3 is 5.32 Å². The summed E-state index contributed by atoms with van der Waals surface area (Å²) >= 11 is 9.21. The topological polar surface area (TPSA) is 24.9 Å². The quantitative estimate of drug-likeness (QED) is 0.846. The number of nitrogens with one attached hydrogen (secondary N) is 1. The van der Waals surface area contributed by atoms with Crippen LogP contribution in [-0.4, -0.2) is 18.6 Å². The summed E-state index contributed by atoms with van der Waals surface area (Å²) in [6, 6.07) is 1.93. The number of pyridine rings is 1. The van der Waals surface area contributed by atoms with Gasteiger partial charge >= 0.3 is 0 Å². The van der Waals surface area contributed by atoms with E-state index < -0.39 is 0 Å². The SMILES string of the molecule is CNCC=Cc1cc(Br)cnc1Cl. The van der Waals surface area contributed by atoms with E-state index in [-0.39, 0.29) is 0 Å². The van der Waals surface area contributed by atoms with Crippen LogP contribution >= 0.6 is 27.5 Å². The smallest absolute Gasteiger partial charge is 0.136 e. The summed E-state index contributed by atoms with van der Waals surface area (Å²) in [5.41, 5.74) is 0.922. The van der Waals surface area contributed by atoms with Gasteiger partial charge in [-0.25, -0.2) is 4.98 Å². The molecule has 1 rings (SSSR count). The highest BCUT2D eigenvalue weighted by molar-refractivity contribution is 9.10. The summed E-state index contributed by atoms with van der Waals surface area (Å²) in [7, 11) is 1.89. The van der Waals surface area contributed by atoms with Crippen LogP contribution in [0, 0.1) is 0 Å². The zero-order valence-electron chi connectivity index (χ0n) is 7.22. The fraction of sp³-hybridized carbons (Fsp3) is 0.222. The fourth-order valence-corrected chi connectivity index (χ4v) is 1.37. The predicted molar refractivity (Wildman–Crippen MR) is 59.9 cm³/mol. The van der Waals surface area contributed by atoms with Gasteiger partial charge in [-0.2, -0.15) is 0 Å². The number of nitrogens with zero attached hydrogens (tertiary/aromatic N) is 1. The normalized spacial score (nSPS) is 11.0. The minimum absolute atomic E-state index is 0.524. The Balaban J connectivity index is 2.81. The van der Waals surface area contributed by atoms with E-state index in [9.17, 15) is 0 Å². The van der Waals surface area contributed by atoms with Crippen molar-refractivity contribution in [2.45, 2.75) is 0 Å². The maximum absolute atomic E-state index is 5.87. The molecule has 0 bridgehead atoms. The molecule has 13 heavy (non-hydrogen) atoms. The van der Waals surface area contributed by atoms with Crippen molar-refractivity contribution in [1.29, 1.82) is 0 Å². The van der Waals surface area contributed by atoms with Crippen LogP contribution in [-0.2, 0) is 0 Å². The molecule has 0 aliphatic rings. The number of hydrogen-bond donors (Lipinski definition) is 1. The molecule has 1 N–H and O–H groups in total. The van der Waals surface area contributed by atoms with Gasteiger partial charge in [0.2, 0.25) is 0 Å². The van der Waals surface area contributed by atoms with Gasteiger partial charge in [0.25, 0.3) is 0 Å². The van der Waals surface area contributed by atoms with Crippen molar-refractivity contribution in [3.8, 4) is 0 Å². The van der Waals surface area contributed by atoms with Crippen molar-refractivity contribution in [2.24, 2.45) is 0 Å². The average molecular weight is 262 g/mol. The third-order valence-corrected chi connectivity index (χ3v) is 2.20. The van der Waals surface area contributed by atoms with E-state index in [4.69, 9.17) is 11.6 Å². The Hall–Kier alpha value is -0.380. The van der Waals surface area contributed by atoms with E-state index in [1.165, 1.54) is 0 Å². The second-order valence-electron chi connectivity index (χ2n) is 2.49. The second-order valence-corrected chi connectivity index (χ2v) is 3.77. The molecule has 1 aromatic rings. The molecular weight excluding hydrogens is 251 g/mol. The standard InChI is InChI=1S/C9H10BrClN2/c1-12-4-2-3-7-5-8(10)6-13-9(7)11/h2-3,5-6,12H,4H2,1H3. The first-order valence-corrected chi connectivity index (χ1v) is 5.03. The van der Waals surface area contributed by atoms with Crippen LogP contribution < -0.4 is 5.32 Å². The van der Waals surface area contributed by atoms with E-state index in [0.29, 0.717) is 5.15 Å². The highest BCUT2D eigenvalue weighted by Crippen LogP contribution is 2.18. The largest absolute Gasteiger partial charge is 0.316 e. The highest BCUT2D eigenvalue weighted by Gasteiger charge is 1.97. The van der Waals surface area contributed by atoms with Gasteiger partial charge in [-0.3, -0.25) is 0 Å². The first-order valence-electron chi connectivity index (χ1n) is 3.86. The first-order chi connectivity index (χ1) is 6.24. The molecule has 0 aliphatic heterocycles. The maximum Gasteiger partial charge on any atom is 0.136 e. The molecule has 0 fully saturated rings.